The molecule has 0 bridgehead atoms. The fraction of sp³-hybridized carbons (Fsp3) is 0.583. The van der Waals surface area contributed by atoms with Crippen LogP contribution in [0.25, 0.3) is 0 Å². The molecule has 0 aromatic carbocycles. The van der Waals surface area contributed by atoms with E-state index in [9.17, 15) is 9.50 Å². The van der Waals surface area contributed by atoms with Crippen LogP contribution in [0.5, 0.6) is 0 Å². The lowest BCUT2D eigenvalue weighted by Crippen LogP contribution is -2.38. The van der Waals surface area contributed by atoms with Gasteiger partial charge in [0.15, 0.2) is 0 Å². The summed E-state index contributed by atoms with van der Waals surface area (Å²) in [5.41, 5.74) is -0.497. The smallest absolute Gasteiger partial charge is 0.141 e. The van der Waals surface area contributed by atoms with Gasteiger partial charge in [-0.3, -0.25) is 4.98 Å². The Kier molecular flexibility index (Phi) is 4.83. The van der Waals surface area contributed by atoms with Crippen LogP contribution in [0.2, 0.25) is 0 Å². The van der Waals surface area contributed by atoms with Gasteiger partial charge >= 0.3 is 0 Å². The summed E-state index contributed by atoms with van der Waals surface area (Å²) in [6.07, 6.45) is 2.69. The van der Waals surface area contributed by atoms with E-state index in [1.54, 1.807) is 0 Å². The van der Waals surface area contributed by atoms with E-state index >= 15 is 0 Å². The van der Waals surface area contributed by atoms with Crippen molar-refractivity contribution >= 4 is 0 Å². The molecule has 0 spiro atoms. The molecular weight excluding hydrogens is 207 g/mol. The molecular formula is C12H19FN2O. The number of aromatic nitrogens is 1. The van der Waals surface area contributed by atoms with Crippen LogP contribution >= 0.6 is 0 Å². The topological polar surface area (TPSA) is 45.1 Å². The lowest BCUT2D eigenvalue weighted by molar-refractivity contribution is 0.0284. The summed E-state index contributed by atoms with van der Waals surface area (Å²) in [7, 11) is 0. The van der Waals surface area contributed by atoms with E-state index in [2.05, 4.69) is 17.2 Å². The Balaban J connectivity index is 2.74. The fourth-order valence-corrected chi connectivity index (χ4v) is 1.52. The zero-order valence-corrected chi connectivity index (χ0v) is 9.83. The molecule has 2 N–H and O–H groups in total. The quantitative estimate of drug-likeness (QED) is 0.727. The summed E-state index contributed by atoms with van der Waals surface area (Å²) in [6.45, 7) is 5.24. The zero-order valence-electron chi connectivity index (χ0n) is 9.83. The molecule has 0 fully saturated rings. The SMILES string of the molecule is CCCNCC(O)(CC)c1ccc(F)cn1. The molecule has 0 saturated carbocycles. The van der Waals surface area contributed by atoms with Crippen LogP contribution in [-0.4, -0.2) is 23.2 Å². The molecule has 0 radical (unpaired) electrons. The second-order valence-corrected chi connectivity index (χ2v) is 3.92. The van der Waals surface area contributed by atoms with Crippen molar-refractivity contribution < 1.29 is 9.50 Å². The predicted octanol–water partition coefficient (Wildman–Crippen LogP) is 1.82. The molecule has 1 atom stereocenters. The molecule has 90 valence electrons. The first kappa shape index (κ1) is 13.1. The Labute approximate surface area is 95.7 Å². The summed E-state index contributed by atoms with van der Waals surface area (Å²) in [4.78, 5) is 3.93. The van der Waals surface area contributed by atoms with Gasteiger partial charge in [0.25, 0.3) is 0 Å². The lowest BCUT2D eigenvalue weighted by Gasteiger charge is -2.26. The zero-order chi connectivity index (χ0) is 12.0. The number of halogens is 1. The molecule has 1 rings (SSSR count). The maximum Gasteiger partial charge on any atom is 0.141 e. The van der Waals surface area contributed by atoms with E-state index in [1.165, 1.54) is 12.1 Å². The van der Waals surface area contributed by atoms with Crippen molar-refractivity contribution in [2.45, 2.75) is 32.3 Å². The molecule has 0 saturated heterocycles. The van der Waals surface area contributed by atoms with Gasteiger partial charge in [0, 0.05) is 6.54 Å². The van der Waals surface area contributed by atoms with Crippen molar-refractivity contribution in [2.24, 2.45) is 0 Å². The van der Waals surface area contributed by atoms with Crippen LogP contribution in [0, 0.1) is 5.82 Å². The third kappa shape index (κ3) is 3.25. The number of hydrogen-bond donors (Lipinski definition) is 2. The number of pyridine rings is 1. The van der Waals surface area contributed by atoms with Crippen molar-refractivity contribution in [1.82, 2.24) is 10.3 Å². The van der Waals surface area contributed by atoms with Crippen LogP contribution in [0.15, 0.2) is 18.3 Å². The molecule has 4 heteroatoms. The van der Waals surface area contributed by atoms with Crippen LogP contribution in [0.4, 0.5) is 4.39 Å². The predicted molar refractivity (Wildman–Crippen MR) is 61.5 cm³/mol. The molecule has 3 nitrogen and oxygen atoms in total. The molecule has 1 unspecified atom stereocenters. The molecule has 0 aliphatic heterocycles. The number of nitrogens with one attached hydrogen (secondary N) is 1. The number of rotatable bonds is 6. The minimum atomic E-state index is -1.01. The number of aliphatic hydroxyl groups is 1. The Morgan fingerprint density at radius 1 is 1.44 bits per heavy atom. The minimum absolute atomic E-state index is 0.385. The second-order valence-electron chi connectivity index (χ2n) is 3.92. The van der Waals surface area contributed by atoms with Crippen molar-refractivity contribution in [3.63, 3.8) is 0 Å². The summed E-state index contributed by atoms with van der Waals surface area (Å²) >= 11 is 0. The highest BCUT2D eigenvalue weighted by molar-refractivity contribution is 5.14. The van der Waals surface area contributed by atoms with Gasteiger partial charge in [-0.15, -0.1) is 0 Å². The van der Waals surface area contributed by atoms with E-state index in [0.717, 1.165) is 19.2 Å². The molecule has 1 aromatic heterocycles. The van der Waals surface area contributed by atoms with Crippen LogP contribution in [0.3, 0.4) is 0 Å². The van der Waals surface area contributed by atoms with Gasteiger partial charge in [0.1, 0.15) is 11.4 Å². The van der Waals surface area contributed by atoms with Crippen LogP contribution < -0.4 is 5.32 Å². The highest BCUT2D eigenvalue weighted by atomic mass is 19.1. The van der Waals surface area contributed by atoms with Crippen molar-refractivity contribution in [2.75, 3.05) is 13.1 Å². The molecule has 16 heavy (non-hydrogen) atoms. The molecule has 0 aliphatic rings. The lowest BCUT2D eigenvalue weighted by atomic mass is 9.95. The third-order valence-electron chi connectivity index (χ3n) is 2.63. The fourth-order valence-electron chi connectivity index (χ4n) is 1.52. The second kappa shape index (κ2) is 5.92. The molecule has 1 aromatic rings. The molecule has 1 heterocycles. The molecule has 0 amide bonds. The Morgan fingerprint density at radius 2 is 2.19 bits per heavy atom. The maximum absolute atomic E-state index is 12.7. The Bertz CT molecular complexity index is 315. The largest absolute Gasteiger partial charge is 0.382 e. The van der Waals surface area contributed by atoms with Gasteiger partial charge < -0.3 is 10.4 Å². The maximum atomic E-state index is 12.7. The van der Waals surface area contributed by atoms with Gasteiger partial charge in [-0.25, -0.2) is 4.39 Å². The van der Waals surface area contributed by atoms with Gasteiger partial charge in [0.05, 0.1) is 11.9 Å². The highest BCUT2D eigenvalue weighted by Crippen LogP contribution is 2.22. The first-order chi connectivity index (χ1) is 7.62. The standard InChI is InChI=1S/C12H19FN2O/c1-3-7-14-9-12(16,4-2)11-6-5-10(13)8-15-11/h5-6,8,14,16H,3-4,7,9H2,1-2H3. The van der Waals surface area contributed by atoms with Gasteiger partial charge in [-0.2, -0.15) is 0 Å². The highest BCUT2D eigenvalue weighted by Gasteiger charge is 2.28. The van der Waals surface area contributed by atoms with E-state index in [1.807, 2.05) is 6.92 Å². The Morgan fingerprint density at radius 3 is 2.69 bits per heavy atom. The van der Waals surface area contributed by atoms with Gasteiger partial charge in [-0.05, 0) is 31.5 Å². The third-order valence-corrected chi connectivity index (χ3v) is 2.63. The van der Waals surface area contributed by atoms with Crippen molar-refractivity contribution in [1.29, 1.82) is 0 Å². The Hall–Kier alpha value is -1.00. The van der Waals surface area contributed by atoms with Crippen LogP contribution in [0.1, 0.15) is 32.4 Å². The summed E-state index contributed by atoms with van der Waals surface area (Å²) in [5.74, 6) is -0.385. The van der Waals surface area contributed by atoms with Crippen LogP contribution in [-0.2, 0) is 5.60 Å². The van der Waals surface area contributed by atoms with E-state index < -0.39 is 5.60 Å². The van der Waals surface area contributed by atoms with Gasteiger partial charge in [0.2, 0.25) is 0 Å². The van der Waals surface area contributed by atoms with E-state index in [-0.39, 0.29) is 5.82 Å². The monoisotopic (exact) mass is 226 g/mol. The average molecular weight is 226 g/mol. The normalized spacial score (nSPS) is 14.8. The molecule has 0 aliphatic carbocycles. The minimum Gasteiger partial charge on any atom is -0.382 e. The van der Waals surface area contributed by atoms with Crippen molar-refractivity contribution in [3.8, 4) is 0 Å². The van der Waals surface area contributed by atoms with E-state index in [4.69, 9.17) is 0 Å². The first-order valence-electron chi connectivity index (χ1n) is 5.67. The number of nitrogens with zero attached hydrogens (tertiary/aromatic N) is 1. The van der Waals surface area contributed by atoms with Gasteiger partial charge in [-0.1, -0.05) is 13.8 Å². The van der Waals surface area contributed by atoms with Crippen molar-refractivity contribution in [3.05, 3.63) is 29.8 Å². The number of hydrogen-bond acceptors (Lipinski definition) is 3. The summed E-state index contributed by atoms with van der Waals surface area (Å²) in [6, 6.07) is 2.86. The van der Waals surface area contributed by atoms with E-state index in [0.29, 0.717) is 18.7 Å². The first-order valence-corrected chi connectivity index (χ1v) is 5.67. The summed E-state index contributed by atoms with van der Waals surface area (Å²) < 4.78 is 12.7. The summed E-state index contributed by atoms with van der Waals surface area (Å²) in [5, 5.41) is 13.5. The average Bonchev–Trinajstić information content (AvgIpc) is 2.30.